The summed E-state index contributed by atoms with van der Waals surface area (Å²) in [5, 5.41) is 16.9. The maximum absolute atomic E-state index is 9.84. The molecule has 13 heavy (non-hydrogen) atoms. The number of carbonyl (C=O) groups excluding carboxylic acids is 1. The van der Waals surface area contributed by atoms with Gasteiger partial charge in [-0.3, -0.25) is 0 Å². The SMILES string of the molecule is C=CC(=O)OC.CC(C)(CO)CO. The van der Waals surface area contributed by atoms with Crippen molar-refractivity contribution in [3.63, 3.8) is 0 Å². The van der Waals surface area contributed by atoms with Crippen LogP contribution in [0.5, 0.6) is 0 Å². The molecule has 0 saturated heterocycles. The number of esters is 1. The second kappa shape index (κ2) is 7.76. The van der Waals surface area contributed by atoms with Crippen LogP contribution in [0.4, 0.5) is 0 Å². The third-order valence-corrected chi connectivity index (χ3v) is 1.22. The Balaban J connectivity index is 0. The topological polar surface area (TPSA) is 66.8 Å². The summed E-state index contributed by atoms with van der Waals surface area (Å²) in [5.74, 6) is -0.394. The normalized spacial score (nSPS) is 9.62. The quantitative estimate of drug-likeness (QED) is 0.497. The van der Waals surface area contributed by atoms with Crippen LogP contribution in [0.15, 0.2) is 12.7 Å². The molecule has 0 rings (SSSR count). The van der Waals surface area contributed by atoms with Crippen molar-refractivity contribution < 1.29 is 19.7 Å². The Labute approximate surface area is 78.8 Å². The van der Waals surface area contributed by atoms with Crippen LogP contribution in [0, 0.1) is 5.41 Å². The predicted molar refractivity (Wildman–Crippen MR) is 50.2 cm³/mol. The summed E-state index contributed by atoms with van der Waals surface area (Å²) in [5.41, 5.74) is -0.306. The molecule has 0 unspecified atom stereocenters. The van der Waals surface area contributed by atoms with Gasteiger partial charge in [-0.25, -0.2) is 4.79 Å². The van der Waals surface area contributed by atoms with E-state index in [0.29, 0.717) is 0 Å². The lowest BCUT2D eigenvalue weighted by molar-refractivity contribution is -0.134. The second-order valence-electron chi connectivity index (χ2n) is 3.21. The molecule has 0 aliphatic carbocycles. The van der Waals surface area contributed by atoms with E-state index < -0.39 is 5.97 Å². The Kier molecular flexibility index (Phi) is 8.74. The molecule has 0 heterocycles. The first-order valence-electron chi connectivity index (χ1n) is 3.85. The van der Waals surface area contributed by atoms with Gasteiger partial charge in [0.15, 0.2) is 0 Å². The molecule has 0 aliphatic heterocycles. The van der Waals surface area contributed by atoms with Crippen LogP contribution in [0.2, 0.25) is 0 Å². The summed E-state index contributed by atoms with van der Waals surface area (Å²) < 4.78 is 4.14. The van der Waals surface area contributed by atoms with Gasteiger partial charge in [-0.15, -0.1) is 0 Å². The van der Waals surface area contributed by atoms with Crippen LogP contribution in [-0.2, 0) is 9.53 Å². The minimum Gasteiger partial charge on any atom is -0.466 e. The molecule has 78 valence electrons. The van der Waals surface area contributed by atoms with Crippen molar-refractivity contribution in [2.45, 2.75) is 13.8 Å². The van der Waals surface area contributed by atoms with Crippen molar-refractivity contribution in [3.05, 3.63) is 12.7 Å². The average Bonchev–Trinajstić information content (AvgIpc) is 2.17. The van der Waals surface area contributed by atoms with Gasteiger partial charge >= 0.3 is 5.97 Å². The summed E-state index contributed by atoms with van der Waals surface area (Å²) in [4.78, 5) is 9.84. The average molecular weight is 190 g/mol. The summed E-state index contributed by atoms with van der Waals surface area (Å²) >= 11 is 0. The number of hydrogen-bond acceptors (Lipinski definition) is 4. The summed E-state index contributed by atoms with van der Waals surface area (Å²) in [7, 11) is 1.31. The van der Waals surface area contributed by atoms with Gasteiger partial charge < -0.3 is 14.9 Å². The highest BCUT2D eigenvalue weighted by atomic mass is 16.5. The lowest BCUT2D eigenvalue weighted by atomic mass is 9.97. The Morgan fingerprint density at radius 2 is 1.85 bits per heavy atom. The number of carbonyl (C=O) groups is 1. The number of hydrogen-bond donors (Lipinski definition) is 2. The van der Waals surface area contributed by atoms with E-state index in [-0.39, 0.29) is 18.6 Å². The molecular formula is C9H18O4. The zero-order chi connectivity index (χ0) is 10.9. The van der Waals surface area contributed by atoms with E-state index >= 15 is 0 Å². The predicted octanol–water partition coefficient (Wildman–Crippen LogP) is 0.343. The molecule has 0 bridgehead atoms. The zero-order valence-electron chi connectivity index (χ0n) is 8.41. The molecule has 0 aromatic carbocycles. The molecule has 0 aliphatic rings. The van der Waals surface area contributed by atoms with Crippen LogP contribution in [-0.4, -0.2) is 36.5 Å². The van der Waals surface area contributed by atoms with Gasteiger partial charge in [0.05, 0.1) is 20.3 Å². The van der Waals surface area contributed by atoms with Gasteiger partial charge in [0.2, 0.25) is 0 Å². The van der Waals surface area contributed by atoms with Gasteiger partial charge in [0.1, 0.15) is 0 Å². The van der Waals surface area contributed by atoms with Gasteiger partial charge in [-0.1, -0.05) is 20.4 Å². The smallest absolute Gasteiger partial charge is 0.329 e. The van der Waals surface area contributed by atoms with Crippen LogP contribution in [0.3, 0.4) is 0 Å². The lowest BCUT2D eigenvalue weighted by Crippen LogP contribution is -2.20. The number of rotatable bonds is 3. The Morgan fingerprint density at radius 1 is 1.46 bits per heavy atom. The van der Waals surface area contributed by atoms with Crippen molar-refractivity contribution in [3.8, 4) is 0 Å². The molecule has 0 atom stereocenters. The van der Waals surface area contributed by atoms with E-state index in [9.17, 15) is 4.79 Å². The second-order valence-corrected chi connectivity index (χ2v) is 3.21. The summed E-state index contributed by atoms with van der Waals surface area (Å²) in [6.45, 7) is 6.84. The highest BCUT2D eigenvalue weighted by molar-refractivity contribution is 5.80. The zero-order valence-corrected chi connectivity index (χ0v) is 8.41. The largest absolute Gasteiger partial charge is 0.466 e. The van der Waals surface area contributed by atoms with Crippen LogP contribution in [0.1, 0.15) is 13.8 Å². The first-order chi connectivity index (χ1) is 5.93. The number of methoxy groups -OCH3 is 1. The third kappa shape index (κ3) is 11.1. The molecule has 4 heteroatoms. The number of aliphatic hydroxyl groups excluding tert-OH is 2. The van der Waals surface area contributed by atoms with Crippen molar-refractivity contribution in [1.29, 1.82) is 0 Å². The van der Waals surface area contributed by atoms with Crippen molar-refractivity contribution >= 4 is 5.97 Å². The molecule has 0 aromatic heterocycles. The minimum absolute atomic E-state index is 0.0451. The van der Waals surface area contributed by atoms with Crippen LogP contribution in [0.25, 0.3) is 0 Å². The van der Waals surface area contributed by atoms with Gasteiger partial charge in [0, 0.05) is 11.5 Å². The highest BCUT2D eigenvalue weighted by Crippen LogP contribution is 2.10. The Hall–Kier alpha value is -0.870. The van der Waals surface area contributed by atoms with E-state index in [4.69, 9.17) is 10.2 Å². The number of ether oxygens (including phenoxy) is 1. The standard InChI is InChI=1S/C5H12O2.C4H6O2/c1-5(2,3-6)4-7;1-3-4(5)6-2/h6-7H,3-4H2,1-2H3;3H,1H2,2H3. The Morgan fingerprint density at radius 3 is 1.85 bits per heavy atom. The van der Waals surface area contributed by atoms with Gasteiger partial charge in [-0.05, 0) is 0 Å². The monoisotopic (exact) mass is 190 g/mol. The third-order valence-electron chi connectivity index (χ3n) is 1.22. The first kappa shape index (κ1) is 14.6. The molecule has 0 fully saturated rings. The van der Waals surface area contributed by atoms with Gasteiger partial charge in [0.25, 0.3) is 0 Å². The highest BCUT2D eigenvalue weighted by Gasteiger charge is 2.13. The maximum Gasteiger partial charge on any atom is 0.329 e. The molecule has 0 spiro atoms. The fourth-order valence-corrected chi connectivity index (χ4v) is 0.133. The van der Waals surface area contributed by atoms with E-state index in [1.165, 1.54) is 7.11 Å². The number of aliphatic hydroxyl groups is 2. The molecule has 2 N–H and O–H groups in total. The lowest BCUT2D eigenvalue weighted by Gasteiger charge is -2.16. The first-order valence-corrected chi connectivity index (χ1v) is 3.85. The molecular weight excluding hydrogens is 172 g/mol. The molecule has 0 amide bonds. The maximum atomic E-state index is 9.84. The van der Waals surface area contributed by atoms with E-state index in [1.807, 2.05) is 0 Å². The van der Waals surface area contributed by atoms with Crippen molar-refractivity contribution in [1.82, 2.24) is 0 Å². The fraction of sp³-hybridized carbons (Fsp3) is 0.667. The molecule has 0 radical (unpaired) electrons. The van der Waals surface area contributed by atoms with Crippen molar-refractivity contribution in [2.24, 2.45) is 5.41 Å². The van der Waals surface area contributed by atoms with Crippen molar-refractivity contribution in [2.75, 3.05) is 20.3 Å². The van der Waals surface area contributed by atoms with Crippen LogP contribution >= 0.6 is 0 Å². The fourth-order valence-electron chi connectivity index (χ4n) is 0.133. The van der Waals surface area contributed by atoms with E-state index in [0.717, 1.165) is 6.08 Å². The van der Waals surface area contributed by atoms with E-state index in [1.54, 1.807) is 13.8 Å². The summed E-state index contributed by atoms with van der Waals surface area (Å²) in [6, 6.07) is 0. The molecule has 0 aromatic rings. The summed E-state index contributed by atoms with van der Waals surface area (Å²) in [6.07, 6.45) is 1.11. The van der Waals surface area contributed by atoms with Gasteiger partial charge in [-0.2, -0.15) is 0 Å². The molecule has 4 nitrogen and oxygen atoms in total. The Bertz CT molecular complexity index is 146. The van der Waals surface area contributed by atoms with Crippen LogP contribution < -0.4 is 0 Å². The van der Waals surface area contributed by atoms with E-state index in [2.05, 4.69) is 11.3 Å². The minimum atomic E-state index is -0.394. The molecule has 0 saturated carbocycles.